The van der Waals surface area contributed by atoms with Gasteiger partial charge in [0.2, 0.25) is 0 Å². The molecule has 4 nitrogen and oxygen atoms in total. The lowest BCUT2D eigenvalue weighted by atomic mass is 9.80. The van der Waals surface area contributed by atoms with Crippen LogP contribution in [0.3, 0.4) is 0 Å². The molecule has 0 radical (unpaired) electrons. The maximum absolute atomic E-state index is 9.04. The van der Waals surface area contributed by atoms with Gasteiger partial charge in [0.1, 0.15) is 5.75 Å². The van der Waals surface area contributed by atoms with Crippen LogP contribution in [0.1, 0.15) is 5.56 Å². The van der Waals surface area contributed by atoms with Crippen LogP contribution in [0, 0.1) is 0 Å². The maximum Gasteiger partial charge on any atom is 0.488 e. The van der Waals surface area contributed by atoms with Crippen LogP contribution in [0.15, 0.2) is 54.6 Å². The van der Waals surface area contributed by atoms with Gasteiger partial charge >= 0.3 is 7.12 Å². The molecule has 0 amide bonds. The molecule has 0 aliphatic rings. The summed E-state index contributed by atoms with van der Waals surface area (Å²) in [7, 11) is -1.49. The smallest absolute Gasteiger partial charge is 0.468 e. The van der Waals surface area contributed by atoms with Gasteiger partial charge in [-0.2, -0.15) is 0 Å². The number of benzene rings is 2. The Balaban J connectivity index is 1.78. The summed E-state index contributed by atoms with van der Waals surface area (Å²) in [6.07, 6.45) is 0. The molecule has 19 heavy (non-hydrogen) atoms. The molecule has 0 aliphatic heterocycles. The van der Waals surface area contributed by atoms with E-state index in [0.717, 1.165) is 5.56 Å². The van der Waals surface area contributed by atoms with Crippen LogP contribution in [0.2, 0.25) is 0 Å². The second kappa shape index (κ2) is 6.94. The second-order valence-corrected chi connectivity index (χ2v) is 4.04. The molecule has 0 unspecified atom stereocenters. The van der Waals surface area contributed by atoms with E-state index in [9.17, 15) is 0 Å². The lowest BCUT2D eigenvalue weighted by Gasteiger charge is -2.08. The minimum Gasteiger partial charge on any atom is -0.468 e. The molecule has 0 saturated heterocycles. The topological polar surface area (TPSA) is 58.9 Å². The van der Waals surface area contributed by atoms with Crippen LogP contribution in [0.5, 0.6) is 5.75 Å². The van der Waals surface area contributed by atoms with E-state index in [-0.39, 0.29) is 6.79 Å². The summed E-state index contributed by atoms with van der Waals surface area (Å²) in [5, 5.41) is 18.1. The van der Waals surface area contributed by atoms with Gasteiger partial charge in [-0.15, -0.1) is 0 Å². The zero-order valence-corrected chi connectivity index (χ0v) is 10.4. The molecular weight excluding hydrogens is 243 g/mol. The number of ether oxygens (including phenoxy) is 2. The van der Waals surface area contributed by atoms with Gasteiger partial charge in [-0.1, -0.05) is 42.5 Å². The predicted octanol–water partition coefficient (Wildman–Crippen LogP) is 0.919. The molecule has 2 aromatic rings. The van der Waals surface area contributed by atoms with Crippen molar-refractivity contribution in [3.8, 4) is 5.75 Å². The highest BCUT2D eigenvalue weighted by Gasteiger charge is 2.10. The van der Waals surface area contributed by atoms with Crippen molar-refractivity contribution < 1.29 is 19.5 Å². The van der Waals surface area contributed by atoms with Crippen molar-refractivity contribution in [2.45, 2.75) is 6.61 Å². The van der Waals surface area contributed by atoms with Gasteiger partial charge in [0.15, 0.2) is 6.79 Å². The minimum atomic E-state index is -1.49. The Morgan fingerprint density at radius 3 is 2.47 bits per heavy atom. The van der Waals surface area contributed by atoms with Gasteiger partial charge in [0.25, 0.3) is 0 Å². The first-order valence-corrected chi connectivity index (χ1v) is 5.96. The normalized spacial score (nSPS) is 10.2. The van der Waals surface area contributed by atoms with Crippen molar-refractivity contribution in [2.24, 2.45) is 0 Å². The van der Waals surface area contributed by atoms with Gasteiger partial charge < -0.3 is 19.5 Å². The van der Waals surface area contributed by atoms with Crippen molar-refractivity contribution in [3.63, 3.8) is 0 Å². The molecule has 0 saturated carbocycles. The summed E-state index contributed by atoms with van der Waals surface area (Å²) < 4.78 is 10.8. The highest BCUT2D eigenvalue weighted by molar-refractivity contribution is 6.58. The minimum absolute atomic E-state index is 0.111. The number of hydrogen-bond acceptors (Lipinski definition) is 4. The van der Waals surface area contributed by atoms with Crippen LogP contribution < -0.4 is 10.2 Å². The van der Waals surface area contributed by atoms with Crippen LogP contribution in [-0.2, 0) is 11.3 Å². The SMILES string of the molecule is OB(O)c1cccc(OCOCc2ccccc2)c1. The largest absolute Gasteiger partial charge is 0.488 e. The van der Waals surface area contributed by atoms with E-state index >= 15 is 0 Å². The molecule has 0 fully saturated rings. The summed E-state index contributed by atoms with van der Waals surface area (Å²) in [5.74, 6) is 0.540. The van der Waals surface area contributed by atoms with Crippen LogP contribution >= 0.6 is 0 Å². The van der Waals surface area contributed by atoms with Crippen molar-refractivity contribution in [3.05, 3.63) is 60.2 Å². The van der Waals surface area contributed by atoms with Crippen molar-refractivity contribution in [2.75, 3.05) is 6.79 Å². The Morgan fingerprint density at radius 1 is 0.947 bits per heavy atom. The first-order chi connectivity index (χ1) is 9.25. The van der Waals surface area contributed by atoms with Crippen molar-refractivity contribution >= 4 is 12.6 Å². The Morgan fingerprint density at radius 2 is 1.74 bits per heavy atom. The molecule has 0 bridgehead atoms. The lowest BCUT2D eigenvalue weighted by molar-refractivity contribution is 0.00508. The van der Waals surface area contributed by atoms with Gasteiger partial charge in [-0.3, -0.25) is 0 Å². The number of rotatable bonds is 6. The fourth-order valence-corrected chi connectivity index (χ4v) is 1.61. The predicted molar refractivity (Wildman–Crippen MR) is 73.0 cm³/mol. The van der Waals surface area contributed by atoms with Crippen LogP contribution in [0.4, 0.5) is 0 Å². The summed E-state index contributed by atoms with van der Waals surface area (Å²) in [5.41, 5.74) is 1.46. The van der Waals surface area contributed by atoms with Crippen LogP contribution in [0.25, 0.3) is 0 Å². The zero-order chi connectivity index (χ0) is 13.5. The van der Waals surface area contributed by atoms with E-state index in [1.54, 1.807) is 24.3 Å². The Labute approximate surface area is 112 Å². The molecule has 0 spiro atoms. The van der Waals surface area contributed by atoms with E-state index in [4.69, 9.17) is 19.5 Å². The highest BCUT2D eigenvalue weighted by Crippen LogP contribution is 2.08. The molecule has 2 aromatic carbocycles. The summed E-state index contributed by atoms with van der Waals surface area (Å²) in [6.45, 7) is 0.586. The quantitative estimate of drug-likeness (QED) is 0.459. The molecular formula is C14H15BO4. The van der Waals surface area contributed by atoms with Crippen LogP contribution in [-0.4, -0.2) is 24.0 Å². The summed E-state index contributed by atoms with van der Waals surface area (Å²) in [6, 6.07) is 16.4. The third kappa shape index (κ3) is 4.41. The van der Waals surface area contributed by atoms with E-state index < -0.39 is 7.12 Å². The molecule has 5 heteroatoms. The molecule has 2 N–H and O–H groups in total. The number of hydrogen-bond donors (Lipinski definition) is 2. The van der Waals surface area contributed by atoms with Crippen molar-refractivity contribution in [1.29, 1.82) is 0 Å². The van der Waals surface area contributed by atoms with Crippen molar-refractivity contribution in [1.82, 2.24) is 0 Å². The highest BCUT2D eigenvalue weighted by atomic mass is 16.7. The van der Waals surface area contributed by atoms with E-state index in [0.29, 0.717) is 17.8 Å². The van der Waals surface area contributed by atoms with E-state index in [1.807, 2.05) is 30.3 Å². The Bertz CT molecular complexity index is 502. The second-order valence-electron chi connectivity index (χ2n) is 4.04. The first kappa shape index (κ1) is 13.6. The fourth-order valence-electron chi connectivity index (χ4n) is 1.61. The maximum atomic E-state index is 9.04. The lowest BCUT2D eigenvalue weighted by Crippen LogP contribution is -2.29. The molecule has 0 heterocycles. The van der Waals surface area contributed by atoms with E-state index in [2.05, 4.69) is 0 Å². The zero-order valence-electron chi connectivity index (χ0n) is 10.4. The standard InChI is InChI=1S/C14H15BO4/c16-15(17)13-7-4-8-14(9-13)19-11-18-10-12-5-2-1-3-6-12/h1-9,16-17H,10-11H2. The molecule has 0 atom stereocenters. The van der Waals surface area contributed by atoms with Gasteiger partial charge in [-0.05, 0) is 23.2 Å². The molecule has 0 aromatic heterocycles. The molecule has 0 aliphatic carbocycles. The van der Waals surface area contributed by atoms with E-state index in [1.165, 1.54) is 0 Å². The monoisotopic (exact) mass is 258 g/mol. The van der Waals surface area contributed by atoms with Gasteiger partial charge in [-0.25, -0.2) is 0 Å². The Hall–Kier alpha value is -1.82. The fraction of sp³-hybridized carbons (Fsp3) is 0.143. The average molecular weight is 258 g/mol. The summed E-state index contributed by atoms with van der Waals surface area (Å²) >= 11 is 0. The molecule has 98 valence electrons. The Kier molecular flexibility index (Phi) is 4.97. The van der Waals surface area contributed by atoms with Gasteiger partial charge in [0.05, 0.1) is 6.61 Å². The average Bonchev–Trinajstić information content (AvgIpc) is 2.45. The third-order valence-corrected chi connectivity index (χ3v) is 2.58. The summed E-state index contributed by atoms with van der Waals surface area (Å²) in [4.78, 5) is 0. The molecule has 2 rings (SSSR count). The first-order valence-electron chi connectivity index (χ1n) is 5.96. The van der Waals surface area contributed by atoms with Gasteiger partial charge in [0, 0.05) is 0 Å². The third-order valence-electron chi connectivity index (χ3n) is 2.58.